The molecule has 0 saturated carbocycles. The van der Waals surface area contributed by atoms with Crippen molar-refractivity contribution in [2.45, 2.75) is 31.4 Å². The molecule has 0 radical (unpaired) electrons. The van der Waals surface area contributed by atoms with Crippen molar-refractivity contribution in [1.82, 2.24) is 14.5 Å². The number of pyridine rings is 1. The van der Waals surface area contributed by atoms with Crippen LogP contribution in [0.3, 0.4) is 0 Å². The number of halogens is 1. The Morgan fingerprint density at radius 3 is 3.05 bits per heavy atom. The van der Waals surface area contributed by atoms with E-state index in [4.69, 9.17) is 21.1 Å². The topological polar surface area (TPSA) is 49.2 Å². The molecule has 0 N–H and O–H groups in total. The lowest BCUT2D eigenvalue weighted by Crippen LogP contribution is -2.17. The van der Waals surface area contributed by atoms with Gasteiger partial charge in [0.15, 0.2) is 5.65 Å². The third-order valence-electron chi connectivity index (χ3n) is 3.38. The van der Waals surface area contributed by atoms with Gasteiger partial charge >= 0.3 is 0 Å². The van der Waals surface area contributed by atoms with Crippen LogP contribution >= 0.6 is 11.6 Å². The van der Waals surface area contributed by atoms with Gasteiger partial charge in [0.1, 0.15) is 11.3 Å². The Bertz CT molecular complexity index is 579. The standard InChI is InChI=1S/C13H16ClN3O2/c1-18-12-5-4-10-13(16-12)17(11(7-14)15-10)8-9-3-2-6-19-9/h4-5,9H,2-3,6-8H2,1H3. The maximum absolute atomic E-state index is 5.98. The van der Waals surface area contributed by atoms with Crippen LogP contribution in [-0.2, 0) is 17.2 Å². The fourth-order valence-corrected chi connectivity index (χ4v) is 2.63. The number of ether oxygens (including phenoxy) is 2. The minimum atomic E-state index is 0.229. The number of hydrogen-bond acceptors (Lipinski definition) is 4. The quantitative estimate of drug-likeness (QED) is 0.807. The molecule has 1 aliphatic heterocycles. The van der Waals surface area contributed by atoms with E-state index in [0.717, 1.165) is 43.0 Å². The van der Waals surface area contributed by atoms with Crippen LogP contribution in [0.4, 0.5) is 0 Å². The van der Waals surface area contributed by atoms with Crippen LogP contribution < -0.4 is 4.74 Å². The highest BCUT2D eigenvalue weighted by Gasteiger charge is 2.20. The second-order valence-corrected chi connectivity index (χ2v) is 4.87. The van der Waals surface area contributed by atoms with Crippen LogP contribution in [0, 0.1) is 0 Å². The average Bonchev–Trinajstić information content (AvgIpc) is 3.07. The molecule has 1 fully saturated rings. The molecule has 0 aliphatic carbocycles. The molecule has 1 saturated heterocycles. The Labute approximate surface area is 116 Å². The first-order valence-corrected chi connectivity index (χ1v) is 6.93. The molecule has 0 amide bonds. The number of imidazole rings is 1. The summed E-state index contributed by atoms with van der Waals surface area (Å²) in [5.41, 5.74) is 1.65. The molecular weight excluding hydrogens is 266 g/mol. The highest BCUT2D eigenvalue weighted by atomic mass is 35.5. The Morgan fingerprint density at radius 1 is 1.47 bits per heavy atom. The third-order valence-corrected chi connectivity index (χ3v) is 3.62. The lowest BCUT2D eigenvalue weighted by atomic mass is 10.2. The number of aromatic nitrogens is 3. The lowest BCUT2D eigenvalue weighted by Gasteiger charge is -2.12. The average molecular weight is 282 g/mol. The Balaban J connectivity index is 2.02. The number of nitrogens with zero attached hydrogens (tertiary/aromatic N) is 3. The second-order valence-electron chi connectivity index (χ2n) is 4.60. The molecule has 6 heteroatoms. The van der Waals surface area contributed by atoms with Gasteiger partial charge in [0.25, 0.3) is 0 Å². The normalized spacial score (nSPS) is 19.2. The molecular formula is C13H16ClN3O2. The molecule has 1 atom stereocenters. The lowest BCUT2D eigenvalue weighted by molar-refractivity contribution is 0.0972. The Hall–Kier alpha value is -1.33. The number of fused-ring (bicyclic) bond motifs is 1. The van der Waals surface area contributed by atoms with Gasteiger partial charge in [-0.25, -0.2) is 4.98 Å². The van der Waals surface area contributed by atoms with E-state index in [1.54, 1.807) is 7.11 Å². The molecule has 0 aromatic carbocycles. The van der Waals surface area contributed by atoms with Gasteiger partial charge in [-0.1, -0.05) is 0 Å². The van der Waals surface area contributed by atoms with E-state index < -0.39 is 0 Å². The van der Waals surface area contributed by atoms with Gasteiger partial charge in [0, 0.05) is 12.7 Å². The largest absolute Gasteiger partial charge is 0.481 e. The maximum atomic E-state index is 5.98. The van der Waals surface area contributed by atoms with E-state index in [1.807, 2.05) is 16.7 Å². The highest BCUT2D eigenvalue weighted by molar-refractivity contribution is 6.16. The van der Waals surface area contributed by atoms with E-state index in [-0.39, 0.29) is 6.10 Å². The number of rotatable bonds is 4. The first kappa shape index (κ1) is 12.7. The molecule has 1 aliphatic rings. The van der Waals surface area contributed by atoms with Gasteiger partial charge < -0.3 is 14.0 Å². The minimum absolute atomic E-state index is 0.229. The van der Waals surface area contributed by atoms with E-state index >= 15 is 0 Å². The summed E-state index contributed by atoms with van der Waals surface area (Å²) in [6.07, 6.45) is 2.42. The Morgan fingerprint density at radius 2 is 2.37 bits per heavy atom. The SMILES string of the molecule is COc1ccc2nc(CCl)n(CC3CCCO3)c2n1. The van der Waals surface area contributed by atoms with Gasteiger partial charge in [0.2, 0.25) is 5.88 Å². The molecule has 102 valence electrons. The van der Waals surface area contributed by atoms with Crippen LogP contribution in [0.5, 0.6) is 5.88 Å². The van der Waals surface area contributed by atoms with Crippen molar-refractivity contribution in [2.75, 3.05) is 13.7 Å². The summed E-state index contributed by atoms with van der Waals surface area (Å²) >= 11 is 5.98. The van der Waals surface area contributed by atoms with E-state index in [1.165, 1.54) is 0 Å². The fraction of sp³-hybridized carbons (Fsp3) is 0.538. The minimum Gasteiger partial charge on any atom is -0.481 e. The van der Waals surface area contributed by atoms with Gasteiger partial charge in [-0.3, -0.25) is 0 Å². The zero-order valence-corrected chi connectivity index (χ0v) is 11.6. The molecule has 3 rings (SSSR count). The predicted octanol–water partition coefficient (Wildman–Crippen LogP) is 2.36. The van der Waals surface area contributed by atoms with E-state index in [9.17, 15) is 0 Å². The zero-order valence-electron chi connectivity index (χ0n) is 10.8. The predicted molar refractivity (Wildman–Crippen MR) is 72.6 cm³/mol. The van der Waals surface area contributed by atoms with Crippen LogP contribution in [0.1, 0.15) is 18.7 Å². The van der Waals surface area contributed by atoms with Crippen LogP contribution in [0.15, 0.2) is 12.1 Å². The second kappa shape index (κ2) is 5.35. The van der Waals surface area contributed by atoms with Crippen molar-refractivity contribution in [3.63, 3.8) is 0 Å². The Kier molecular flexibility index (Phi) is 3.57. The van der Waals surface area contributed by atoms with Crippen LogP contribution in [-0.4, -0.2) is 34.4 Å². The summed E-state index contributed by atoms with van der Waals surface area (Å²) in [5, 5.41) is 0. The molecule has 0 bridgehead atoms. The molecule has 3 heterocycles. The van der Waals surface area contributed by atoms with E-state index in [0.29, 0.717) is 11.8 Å². The molecule has 2 aromatic rings. The monoisotopic (exact) mass is 281 g/mol. The maximum Gasteiger partial charge on any atom is 0.215 e. The summed E-state index contributed by atoms with van der Waals surface area (Å²) in [6.45, 7) is 1.59. The summed E-state index contributed by atoms with van der Waals surface area (Å²) < 4.78 is 12.9. The highest BCUT2D eigenvalue weighted by Crippen LogP contribution is 2.22. The van der Waals surface area contributed by atoms with E-state index in [2.05, 4.69) is 9.97 Å². The van der Waals surface area contributed by atoms with Gasteiger partial charge in [-0.2, -0.15) is 4.98 Å². The summed E-state index contributed by atoms with van der Waals surface area (Å²) in [7, 11) is 1.61. The molecule has 0 spiro atoms. The third kappa shape index (κ3) is 2.40. The van der Waals surface area contributed by atoms with Gasteiger partial charge in [-0.15, -0.1) is 11.6 Å². The van der Waals surface area contributed by atoms with Crippen LogP contribution in [0.2, 0.25) is 0 Å². The molecule has 1 unspecified atom stereocenters. The first-order valence-electron chi connectivity index (χ1n) is 6.39. The fourth-order valence-electron chi connectivity index (χ4n) is 2.43. The molecule has 5 nitrogen and oxygen atoms in total. The first-order chi connectivity index (χ1) is 9.31. The summed E-state index contributed by atoms with van der Waals surface area (Å²) in [4.78, 5) is 8.97. The van der Waals surface area contributed by atoms with Crippen molar-refractivity contribution in [2.24, 2.45) is 0 Å². The van der Waals surface area contributed by atoms with Crippen LogP contribution in [0.25, 0.3) is 11.2 Å². The number of hydrogen-bond donors (Lipinski definition) is 0. The zero-order chi connectivity index (χ0) is 13.2. The van der Waals surface area contributed by atoms with Crippen molar-refractivity contribution < 1.29 is 9.47 Å². The van der Waals surface area contributed by atoms with Crippen molar-refractivity contribution in [3.05, 3.63) is 18.0 Å². The van der Waals surface area contributed by atoms with Crippen molar-refractivity contribution in [1.29, 1.82) is 0 Å². The summed E-state index contributed by atoms with van der Waals surface area (Å²) in [6, 6.07) is 3.72. The van der Waals surface area contributed by atoms with Gasteiger partial charge in [-0.05, 0) is 18.9 Å². The smallest absolute Gasteiger partial charge is 0.215 e. The number of methoxy groups -OCH3 is 1. The van der Waals surface area contributed by atoms with Crippen molar-refractivity contribution in [3.8, 4) is 5.88 Å². The summed E-state index contributed by atoms with van der Waals surface area (Å²) in [5.74, 6) is 1.78. The number of alkyl halides is 1. The molecule has 2 aromatic heterocycles. The molecule has 19 heavy (non-hydrogen) atoms. The van der Waals surface area contributed by atoms with Crippen molar-refractivity contribution >= 4 is 22.8 Å². The van der Waals surface area contributed by atoms with Gasteiger partial charge in [0.05, 0.1) is 25.6 Å².